The van der Waals surface area contributed by atoms with Gasteiger partial charge in [0.25, 0.3) is 0 Å². The van der Waals surface area contributed by atoms with Crippen LogP contribution in [0.2, 0.25) is 0 Å². The minimum Gasteiger partial charge on any atom is -0.211 e. The molecular formula is C9H11NO. The third kappa shape index (κ3) is 0.592. The Morgan fingerprint density at radius 1 is 1.27 bits per heavy atom. The van der Waals surface area contributed by atoms with Gasteiger partial charge in [0.15, 0.2) is 0 Å². The van der Waals surface area contributed by atoms with E-state index in [-0.39, 0.29) is 0 Å². The molecule has 4 bridgehead atoms. The number of hydrogen-bond acceptors (Lipinski definition) is 2. The highest BCUT2D eigenvalue weighted by molar-refractivity contribution is 5.35. The molecule has 0 amide bonds. The van der Waals surface area contributed by atoms with Gasteiger partial charge in [-0.15, -0.1) is 0 Å². The summed E-state index contributed by atoms with van der Waals surface area (Å²) in [5.41, 5.74) is 0. The molecule has 4 aliphatic carbocycles. The first kappa shape index (κ1) is 5.96. The summed E-state index contributed by atoms with van der Waals surface area (Å²) in [4.78, 5) is 14.0. The number of rotatable bonds is 1. The molecule has 2 heteroatoms. The fraction of sp³-hybridized carbons (Fsp3) is 0.889. The Balaban J connectivity index is 1.92. The summed E-state index contributed by atoms with van der Waals surface area (Å²) in [5, 5.41) is 0. The lowest BCUT2D eigenvalue weighted by Gasteiger charge is -2.25. The van der Waals surface area contributed by atoms with E-state index < -0.39 is 0 Å². The summed E-state index contributed by atoms with van der Waals surface area (Å²) in [6, 6.07) is 0.385. The maximum absolute atomic E-state index is 10.1. The summed E-state index contributed by atoms with van der Waals surface area (Å²) in [7, 11) is 0. The van der Waals surface area contributed by atoms with Crippen molar-refractivity contribution in [2.45, 2.75) is 25.3 Å². The van der Waals surface area contributed by atoms with Crippen molar-refractivity contribution in [2.24, 2.45) is 28.7 Å². The highest BCUT2D eigenvalue weighted by Gasteiger charge is 2.64. The predicted octanol–water partition coefficient (Wildman–Crippen LogP) is 1.37. The molecule has 4 saturated carbocycles. The molecule has 4 rings (SSSR count). The van der Waals surface area contributed by atoms with Crippen molar-refractivity contribution in [1.82, 2.24) is 0 Å². The number of hydrogen-bond donors (Lipinski definition) is 0. The van der Waals surface area contributed by atoms with Crippen LogP contribution in [0.3, 0.4) is 0 Å². The maximum atomic E-state index is 10.1. The average molecular weight is 149 g/mol. The molecule has 0 aromatic rings. The van der Waals surface area contributed by atoms with Crippen molar-refractivity contribution in [3.05, 3.63) is 0 Å². The molecule has 0 aromatic carbocycles. The minimum atomic E-state index is 0.385. The van der Waals surface area contributed by atoms with E-state index in [4.69, 9.17) is 0 Å². The van der Waals surface area contributed by atoms with Gasteiger partial charge in [-0.2, -0.15) is 0 Å². The van der Waals surface area contributed by atoms with Crippen molar-refractivity contribution in [2.75, 3.05) is 0 Å². The Bertz CT molecular complexity index is 238. The van der Waals surface area contributed by atoms with E-state index in [9.17, 15) is 4.79 Å². The Morgan fingerprint density at radius 2 is 2.18 bits per heavy atom. The quantitative estimate of drug-likeness (QED) is 0.409. The van der Waals surface area contributed by atoms with Crippen molar-refractivity contribution in [3.63, 3.8) is 0 Å². The van der Waals surface area contributed by atoms with Gasteiger partial charge < -0.3 is 0 Å². The van der Waals surface area contributed by atoms with Crippen LogP contribution in [-0.4, -0.2) is 12.1 Å². The lowest BCUT2D eigenvalue weighted by atomic mass is 9.83. The predicted molar refractivity (Wildman–Crippen MR) is 39.7 cm³/mol. The molecule has 11 heavy (non-hydrogen) atoms. The van der Waals surface area contributed by atoms with E-state index >= 15 is 0 Å². The van der Waals surface area contributed by atoms with E-state index in [0.29, 0.717) is 6.04 Å². The van der Waals surface area contributed by atoms with Gasteiger partial charge in [-0.3, -0.25) is 0 Å². The molecule has 4 aliphatic rings. The maximum Gasteiger partial charge on any atom is 0.235 e. The SMILES string of the molecule is O=C=NC1C2CCC3C(C2)C31. The highest BCUT2D eigenvalue weighted by atomic mass is 16.1. The van der Waals surface area contributed by atoms with Crippen LogP contribution in [0.5, 0.6) is 0 Å². The van der Waals surface area contributed by atoms with Crippen LogP contribution in [0.1, 0.15) is 19.3 Å². The van der Waals surface area contributed by atoms with Gasteiger partial charge in [0.05, 0.1) is 6.04 Å². The summed E-state index contributed by atoms with van der Waals surface area (Å²) in [5.74, 6) is 3.45. The third-order valence-corrected chi connectivity index (χ3v) is 3.92. The van der Waals surface area contributed by atoms with Crippen LogP contribution in [0.25, 0.3) is 0 Å². The highest BCUT2D eigenvalue weighted by Crippen LogP contribution is 2.67. The smallest absolute Gasteiger partial charge is 0.211 e. The Labute approximate surface area is 65.7 Å². The molecule has 2 nitrogen and oxygen atoms in total. The van der Waals surface area contributed by atoms with Crippen LogP contribution in [0, 0.1) is 23.7 Å². The third-order valence-electron chi connectivity index (χ3n) is 3.92. The number of aliphatic imine (C=N–C) groups is 1. The Kier molecular flexibility index (Phi) is 0.950. The molecule has 4 fully saturated rings. The van der Waals surface area contributed by atoms with Gasteiger partial charge in [-0.05, 0) is 42.9 Å². The Hall–Kier alpha value is -0.620. The lowest BCUT2D eigenvalue weighted by Crippen LogP contribution is -2.23. The number of carbonyl (C=O) groups excluding carboxylic acids is 1. The van der Waals surface area contributed by atoms with Gasteiger partial charge in [0.1, 0.15) is 0 Å². The van der Waals surface area contributed by atoms with Crippen LogP contribution in [-0.2, 0) is 4.79 Å². The van der Waals surface area contributed by atoms with E-state index in [0.717, 1.165) is 23.7 Å². The second kappa shape index (κ2) is 1.75. The van der Waals surface area contributed by atoms with Gasteiger partial charge in [0, 0.05) is 0 Å². The van der Waals surface area contributed by atoms with Crippen LogP contribution >= 0.6 is 0 Å². The van der Waals surface area contributed by atoms with Crippen LogP contribution in [0.4, 0.5) is 0 Å². The van der Waals surface area contributed by atoms with Gasteiger partial charge in [-0.25, -0.2) is 9.79 Å². The fourth-order valence-corrected chi connectivity index (χ4v) is 3.47. The average Bonchev–Trinajstić information content (AvgIpc) is 2.66. The van der Waals surface area contributed by atoms with Crippen LogP contribution < -0.4 is 0 Å². The zero-order valence-electron chi connectivity index (χ0n) is 6.36. The standard InChI is InChI=1S/C9H11NO/c11-4-10-9-5-1-2-6-7(3-5)8(6)9/h5-9H,1-3H2. The summed E-state index contributed by atoms with van der Waals surface area (Å²) < 4.78 is 0. The summed E-state index contributed by atoms with van der Waals surface area (Å²) in [6.45, 7) is 0. The number of nitrogens with zero attached hydrogens (tertiary/aromatic N) is 1. The topological polar surface area (TPSA) is 29.4 Å². The fourth-order valence-electron chi connectivity index (χ4n) is 3.47. The summed E-state index contributed by atoms with van der Waals surface area (Å²) >= 11 is 0. The van der Waals surface area contributed by atoms with Crippen molar-refractivity contribution in [3.8, 4) is 0 Å². The van der Waals surface area contributed by atoms with E-state index in [2.05, 4.69) is 4.99 Å². The molecule has 58 valence electrons. The second-order valence-electron chi connectivity index (χ2n) is 4.19. The molecule has 5 atom stereocenters. The molecule has 5 unspecified atom stereocenters. The Morgan fingerprint density at radius 3 is 2.73 bits per heavy atom. The molecule has 0 spiro atoms. The number of isocyanates is 1. The second-order valence-corrected chi connectivity index (χ2v) is 4.19. The molecule has 0 aliphatic heterocycles. The summed E-state index contributed by atoms with van der Waals surface area (Å²) in [6.07, 6.45) is 5.80. The molecule has 0 saturated heterocycles. The number of fused-ring (bicyclic) bond motifs is 1. The zero-order valence-corrected chi connectivity index (χ0v) is 6.36. The first-order valence-electron chi connectivity index (χ1n) is 4.49. The zero-order chi connectivity index (χ0) is 7.42. The molecule has 0 heterocycles. The molecule has 0 aromatic heterocycles. The van der Waals surface area contributed by atoms with E-state index in [1.165, 1.54) is 19.3 Å². The minimum absolute atomic E-state index is 0.385. The van der Waals surface area contributed by atoms with Crippen molar-refractivity contribution in [1.29, 1.82) is 0 Å². The normalized spacial score (nSPS) is 56.9. The van der Waals surface area contributed by atoms with Gasteiger partial charge >= 0.3 is 0 Å². The molecular weight excluding hydrogens is 138 g/mol. The molecule has 0 radical (unpaired) electrons. The lowest BCUT2D eigenvalue weighted by molar-refractivity contribution is 0.281. The van der Waals surface area contributed by atoms with Crippen LogP contribution in [0.15, 0.2) is 4.99 Å². The first-order chi connectivity index (χ1) is 5.42. The van der Waals surface area contributed by atoms with Crippen molar-refractivity contribution >= 4 is 6.08 Å². The van der Waals surface area contributed by atoms with Gasteiger partial charge in [0.2, 0.25) is 6.08 Å². The van der Waals surface area contributed by atoms with Gasteiger partial charge in [-0.1, -0.05) is 0 Å². The molecule has 0 N–H and O–H groups in total. The monoisotopic (exact) mass is 149 g/mol. The van der Waals surface area contributed by atoms with E-state index in [1.54, 1.807) is 6.08 Å². The first-order valence-corrected chi connectivity index (χ1v) is 4.49. The largest absolute Gasteiger partial charge is 0.235 e. The van der Waals surface area contributed by atoms with Crippen molar-refractivity contribution < 1.29 is 4.79 Å². The van der Waals surface area contributed by atoms with E-state index in [1.807, 2.05) is 0 Å².